The highest BCUT2D eigenvalue weighted by molar-refractivity contribution is 7.90. The fourth-order valence-electron chi connectivity index (χ4n) is 3.15. The van der Waals surface area contributed by atoms with Crippen LogP contribution >= 0.6 is 0 Å². The Kier molecular flexibility index (Phi) is 5.58. The third kappa shape index (κ3) is 3.81. The first-order chi connectivity index (χ1) is 13.2. The number of nitrogens with zero attached hydrogens (tertiary/aromatic N) is 1. The average molecular weight is 401 g/mol. The van der Waals surface area contributed by atoms with Crippen molar-refractivity contribution in [3.8, 4) is 0 Å². The third-order valence-electron chi connectivity index (χ3n) is 4.45. The summed E-state index contributed by atoms with van der Waals surface area (Å²) in [7, 11) is -5.27. The number of rotatable bonds is 5. The topological polar surface area (TPSA) is 90.0 Å². The number of benzene rings is 2. The van der Waals surface area contributed by atoms with E-state index in [0.29, 0.717) is 5.46 Å². The summed E-state index contributed by atoms with van der Waals surface area (Å²) in [5.41, 5.74) is 1.40. The van der Waals surface area contributed by atoms with Gasteiger partial charge < -0.3 is 9.39 Å². The predicted molar refractivity (Wildman–Crippen MR) is 103 cm³/mol. The molecule has 0 bridgehead atoms. The maximum absolute atomic E-state index is 13.4. The van der Waals surface area contributed by atoms with Crippen LogP contribution in [0.5, 0.6) is 0 Å². The zero-order valence-corrected chi connectivity index (χ0v) is 16.5. The third-order valence-corrected chi connectivity index (χ3v) is 6.29. The Bertz CT molecular complexity index is 977. The molecule has 0 saturated carbocycles. The standard InChI is InChI=1S/C19H20BNO6S/c1-13-9-11-17(12-10-13)28(24,25)21-18(14(2)26-15(3)22)19(23)27-20(21)16-7-5-4-6-8-16/h4-12,14,18H,1-3H3/t14-,18-/m0/s1. The van der Waals surface area contributed by atoms with Crippen molar-refractivity contribution >= 4 is 34.5 Å². The predicted octanol–water partition coefficient (Wildman–Crippen LogP) is 1.26. The fourth-order valence-corrected chi connectivity index (χ4v) is 4.84. The Balaban J connectivity index is 2.11. The molecular formula is C19H20BNO6S. The van der Waals surface area contributed by atoms with Crippen molar-refractivity contribution in [3.63, 3.8) is 0 Å². The van der Waals surface area contributed by atoms with Crippen LogP contribution in [0.1, 0.15) is 19.4 Å². The summed E-state index contributed by atoms with van der Waals surface area (Å²) < 4.78 is 38.4. The van der Waals surface area contributed by atoms with E-state index in [-0.39, 0.29) is 4.90 Å². The van der Waals surface area contributed by atoms with Crippen LogP contribution in [0, 0.1) is 6.92 Å². The van der Waals surface area contributed by atoms with Crippen LogP contribution in [-0.2, 0) is 29.0 Å². The van der Waals surface area contributed by atoms with Gasteiger partial charge in [-0.25, -0.2) is 8.42 Å². The first kappa shape index (κ1) is 20.1. The van der Waals surface area contributed by atoms with Gasteiger partial charge in [0.05, 0.1) is 4.90 Å². The zero-order chi connectivity index (χ0) is 20.5. The van der Waals surface area contributed by atoms with Crippen LogP contribution in [-0.4, -0.2) is 43.8 Å². The van der Waals surface area contributed by atoms with Crippen molar-refractivity contribution in [1.29, 1.82) is 0 Å². The minimum atomic E-state index is -4.12. The van der Waals surface area contributed by atoms with E-state index in [0.717, 1.165) is 9.78 Å². The number of aryl methyl sites for hydroxylation is 1. The summed E-state index contributed by atoms with van der Waals surface area (Å²) in [4.78, 5) is 24.0. The largest absolute Gasteiger partial charge is 0.514 e. The van der Waals surface area contributed by atoms with E-state index in [2.05, 4.69) is 0 Å². The van der Waals surface area contributed by atoms with Crippen molar-refractivity contribution in [2.24, 2.45) is 0 Å². The Hall–Kier alpha value is -2.65. The summed E-state index contributed by atoms with van der Waals surface area (Å²) >= 11 is 0. The fraction of sp³-hybridized carbons (Fsp3) is 0.263. The highest BCUT2D eigenvalue weighted by Gasteiger charge is 2.56. The lowest BCUT2D eigenvalue weighted by atomic mass is 9.74. The molecule has 7 nitrogen and oxygen atoms in total. The number of sulfonamides is 1. The lowest BCUT2D eigenvalue weighted by Crippen LogP contribution is -2.54. The van der Waals surface area contributed by atoms with Crippen molar-refractivity contribution in [2.75, 3.05) is 0 Å². The molecule has 2 aromatic rings. The molecule has 1 saturated heterocycles. The minimum absolute atomic E-state index is 0.0253. The normalized spacial score (nSPS) is 18.6. The molecule has 0 unspecified atom stereocenters. The number of hydrogen-bond donors (Lipinski definition) is 0. The van der Waals surface area contributed by atoms with Crippen LogP contribution in [0.2, 0.25) is 0 Å². The van der Waals surface area contributed by atoms with Crippen molar-refractivity contribution in [1.82, 2.24) is 4.22 Å². The lowest BCUT2D eigenvalue weighted by molar-refractivity contribution is -0.150. The van der Waals surface area contributed by atoms with E-state index in [1.807, 2.05) is 6.92 Å². The van der Waals surface area contributed by atoms with Gasteiger partial charge in [0, 0.05) is 6.92 Å². The second-order valence-corrected chi connectivity index (χ2v) is 8.45. The van der Waals surface area contributed by atoms with Gasteiger partial charge >= 0.3 is 19.0 Å². The maximum atomic E-state index is 13.4. The van der Waals surface area contributed by atoms with Gasteiger partial charge in [0.2, 0.25) is 10.0 Å². The Labute approximate surface area is 164 Å². The minimum Gasteiger partial charge on any atom is -0.514 e. The Morgan fingerprint density at radius 2 is 1.75 bits per heavy atom. The molecule has 2 aromatic carbocycles. The smallest absolute Gasteiger partial charge is 0.502 e. The van der Waals surface area contributed by atoms with Gasteiger partial charge in [-0.2, -0.15) is 4.22 Å². The molecule has 0 aliphatic carbocycles. The second-order valence-electron chi connectivity index (χ2n) is 6.61. The molecule has 0 N–H and O–H groups in total. The number of carbonyl (C=O) groups is 2. The highest BCUT2D eigenvalue weighted by Crippen LogP contribution is 2.28. The summed E-state index contributed by atoms with van der Waals surface area (Å²) in [6.45, 7) is 4.51. The molecule has 1 aliphatic rings. The van der Waals surface area contributed by atoms with E-state index < -0.39 is 41.2 Å². The van der Waals surface area contributed by atoms with Crippen molar-refractivity contribution in [2.45, 2.75) is 37.8 Å². The quantitative estimate of drug-likeness (QED) is 0.554. The summed E-state index contributed by atoms with van der Waals surface area (Å²) in [5, 5.41) is 0. The van der Waals surface area contributed by atoms with Gasteiger partial charge in [0.25, 0.3) is 0 Å². The Morgan fingerprint density at radius 3 is 2.32 bits per heavy atom. The molecule has 0 spiro atoms. The van der Waals surface area contributed by atoms with Crippen LogP contribution in [0.25, 0.3) is 0 Å². The summed E-state index contributed by atoms with van der Waals surface area (Å²) in [6, 6.07) is 13.6. The van der Waals surface area contributed by atoms with Crippen molar-refractivity contribution in [3.05, 3.63) is 60.2 Å². The molecule has 3 rings (SSSR count). The number of esters is 1. The number of carbonyl (C=O) groups excluding carboxylic acids is 2. The molecule has 1 fully saturated rings. The molecular weight excluding hydrogens is 381 g/mol. The molecule has 2 atom stereocenters. The number of ether oxygens (including phenoxy) is 1. The van der Waals surface area contributed by atoms with E-state index in [1.54, 1.807) is 42.5 Å². The molecule has 9 heteroatoms. The first-order valence-electron chi connectivity index (χ1n) is 8.74. The van der Waals surface area contributed by atoms with Gasteiger partial charge in [-0.05, 0) is 31.4 Å². The molecule has 146 valence electrons. The molecule has 1 heterocycles. The van der Waals surface area contributed by atoms with Gasteiger partial charge in [-0.1, -0.05) is 48.0 Å². The van der Waals surface area contributed by atoms with E-state index >= 15 is 0 Å². The number of hydrogen-bond acceptors (Lipinski definition) is 6. The van der Waals surface area contributed by atoms with E-state index in [1.165, 1.54) is 26.0 Å². The summed E-state index contributed by atoms with van der Waals surface area (Å²) in [5.74, 6) is -1.38. The van der Waals surface area contributed by atoms with Crippen molar-refractivity contribution < 1.29 is 27.4 Å². The molecule has 0 radical (unpaired) electrons. The summed E-state index contributed by atoms with van der Waals surface area (Å²) in [6.07, 6.45) is -1.01. The van der Waals surface area contributed by atoms with Crippen LogP contribution in [0.4, 0.5) is 0 Å². The van der Waals surface area contributed by atoms with E-state index in [9.17, 15) is 18.0 Å². The van der Waals surface area contributed by atoms with Gasteiger partial charge in [-0.15, -0.1) is 0 Å². The molecule has 1 aliphatic heterocycles. The lowest BCUT2D eigenvalue weighted by Gasteiger charge is -2.27. The Morgan fingerprint density at radius 1 is 1.14 bits per heavy atom. The van der Waals surface area contributed by atoms with Gasteiger partial charge in [-0.3, -0.25) is 9.59 Å². The van der Waals surface area contributed by atoms with Crippen LogP contribution < -0.4 is 5.46 Å². The monoisotopic (exact) mass is 401 g/mol. The highest BCUT2D eigenvalue weighted by atomic mass is 32.2. The van der Waals surface area contributed by atoms with E-state index in [4.69, 9.17) is 9.39 Å². The molecule has 0 amide bonds. The SMILES string of the molecule is CC(=O)O[C@@H](C)[C@H]1C(=O)OB(c2ccccc2)N1S(=O)(=O)c1ccc(C)cc1. The van der Waals surface area contributed by atoms with Gasteiger partial charge in [0.15, 0.2) is 6.04 Å². The average Bonchev–Trinajstić information content (AvgIpc) is 3.00. The second kappa shape index (κ2) is 7.77. The maximum Gasteiger partial charge on any atom is 0.502 e. The first-order valence-corrected chi connectivity index (χ1v) is 10.2. The molecule has 0 aromatic heterocycles. The zero-order valence-electron chi connectivity index (χ0n) is 15.7. The van der Waals surface area contributed by atoms with Crippen LogP contribution in [0.3, 0.4) is 0 Å². The van der Waals surface area contributed by atoms with Crippen LogP contribution in [0.15, 0.2) is 59.5 Å². The van der Waals surface area contributed by atoms with Gasteiger partial charge in [0.1, 0.15) is 6.10 Å². The molecule has 28 heavy (non-hydrogen) atoms.